The highest BCUT2D eigenvalue weighted by Crippen LogP contribution is 2.15. The Balaban J connectivity index is 1.79. The Morgan fingerprint density at radius 1 is 1.26 bits per heavy atom. The lowest BCUT2D eigenvalue weighted by atomic mass is 10.2. The second-order valence-corrected chi connectivity index (χ2v) is 5.35. The largest absolute Gasteiger partial charge is 0.375 e. The number of Topliss-reactive ketones (excluding diaryl/α,β-unsaturated/α-hetero) is 1. The second kappa shape index (κ2) is 6.48. The van der Waals surface area contributed by atoms with Crippen LogP contribution in [0.25, 0.3) is 0 Å². The van der Waals surface area contributed by atoms with Crippen LogP contribution in [0.1, 0.15) is 22.5 Å². The summed E-state index contributed by atoms with van der Waals surface area (Å²) in [5, 5.41) is 1.91. The van der Waals surface area contributed by atoms with Crippen molar-refractivity contribution in [2.45, 2.75) is 12.8 Å². The Morgan fingerprint density at radius 2 is 2.00 bits per heavy atom. The lowest BCUT2D eigenvalue weighted by Gasteiger charge is -2.18. The van der Waals surface area contributed by atoms with Crippen LogP contribution in [0.5, 0.6) is 0 Å². The van der Waals surface area contributed by atoms with E-state index in [4.69, 9.17) is 0 Å². The fourth-order valence-electron chi connectivity index (χ4n) is 1.86. The van der Waals surface area contributed by atoms with Crippen molar-refractivity contribution in [3.05, 3.63) is 52.5 Å². The zero-order valence-corrected chi connectivity index (χ0v) is 11.6. The average molecular weight is 277 g/mol. The number of nitrogens with zero attached hydrogens (tertiary/aromatic N) is 1. The Kier molecular flexibility index (Phi) is 4.68. The van der Waals surface area contributed by atoms with Gasteiger partial charge in [-0.2, -0.15) is 0 Å². The fraction of sp³-hybridized carbons (Fsp3) is 0.267. The van der Waals surface area contributed by atoms with Crippen LogP contribution < -0.4 is 4.90 Å². The number of hydrogen-bond acceptors (Lipinski definition) is 3. The minimum atomic E-state index is -0.231. The Bertz CT molecular complexity index is 522. The number of hydrogen-bond donors (Lipinski definition) is 0. The van der Waals surface area contributed by atoms with Crippen LogP contribution in [0, 0.1) is 5.82 Å². The second-order valence-electron chi connectivity index (χ2n) is 4.40. The molecule has 1 aromatic heterocycles. The molecule has 0 radical (unpaired) electrons. The quantitative estimate of drug-likeness (QED) is 0.744. The first-order valence-corrected chi connectivity index (χ1v) is 7.08. The number of carbonyl (C=O) groups is 1. The summed E-state index contributed by atoms with van der Waals surface area (Å²) in [6.45, 7) is 0.781. The summed E-state index contributed by atoms with van der Waals surface area (Å²) in [5.41, 5.74) is 0.963. The van der Waals surface area contributed by atoms with E-state index in [1.165, 1.54) is 23.5 Å². The number of benzene rings is 1. The van der Waals surface area contributed by atoms with Gasteiger partial charge >= 0.3 is 0 Å². The monoisotopic (exact) mass is 277 g/mol. The van der Waals surface area contributed by atoms with Crippen LogP contribution in [0.15, 0.2) is 41.8 Å². The molecule has 0 N–H and O–H groups in total. The van der Waals surface area contributed by atoms with E-state index in [9.17, 15) is 9.18 Å². The Labute approximate surface area is 116 Å². The van der Waals surface area contributed by atoms with E-state index in [0.29, 0.717) is 6.42 Å². The maximum Gasteiger partial charge on any atom is 0.172 e. The molecule has 4 heteroatoms. The number of carbonyl (C=O) groups excluding carboxylic acids is 1. The SMILES string of the molecule is CN(CCCC(=O)c1cccs1)c1ccc(F)cc1. The third-order valence-corrected chi connectivity index (χ3v) is 3.87. The number of halogens is 1. The molecule has 1 aromatic carbocycles. The zero-order chi connectivity index (χ0) is 13.7. The summed E-state index contributed by atoms with van der Waals surface area (Å²) in [7, 11) is 1.95. The Morgan fingerprint density at radius 3 is 2.63 bits per heavy atom. The normalized spacial score (nSPS) is 10.4. The van der Waals surface area contributed by atoms with Crippen LogP contribution in [-0.4, -0.2) is 19.4 Å². The van der Waals surface area contributed by atoms with E-state index >= 15 is 0 Å². The van der Waals surface area contributed by atoms with Gasteiger partial charge in [0.1, 0.15) is 5.82 Å². The Hall–Kier alpha value is -1.68. The molecule has 0 atom stereocenters. The molecule has 0 aliphatic carbocycles. The zero-order valence-electron chi connectivity index (χ0n) is 10.8. The minimum absolute atomic E-state index is 0.197. The van der Waals surface area contributed by atoms with Crippen molar-refractivity contribution in [1.82, 2.24) is 0 Å². The summed E-state index contributed by atoms with van der Waals surface area (Å²) in [5.74, 6) is -0.0347. The molecule has 0 spiro atoms. The van der Waals surface area contributed by atoms with Crippen molar-refractivity contribution >= 4 is 22.8 Å². The van der Waals surface area contributed by atoms with E-state index in [1.54, 1.807) is 12.1 Å². The highest BCUT2D eigenvalue weighted by Gasteiger charge is 2.07. The van der Waals surface area contributed by atoms with Gasteiger partial charge in [-0.1, -0.05) is 6.07 Å². The lowest BCUT2D eigenvalue weighted by molar-refractivity contribution is 0.0984. The molecule has 0 aliphatic heterocycles. The maximum atomic E-state index is 12.8. The van der Waals surface area contributed by atoms with Gasteiger partial charge in [0.2, 0.25) is 0 Å². The van der Waals surface area contributed by atoms with Gasteiger partial charge in [-0.3, -0.25) is 4.79 Å². The summed E-state index contributed by atoms with van der Waals surface area (Å²) in [6.07, 6.45) is 1.34. The lowest BCUT2D eigenvalue weighted by Crippen LogP contribution is -2.19. The van der Waals surface area contributed by atoms with Gasteiger partial charge in [0.05, 0.1) is 4.88 Å². The van der Waals surface area contributed by atoms with Crippen LogP contribution >= 0.6 is 11.3 Å². The fourth-order valence-corrected chi connectivity index (χ4v) is 2.56. The van der Waals surface area contributed by atoms with Crippen molar-refractivity contribution in [3.63, 3.8) is 0 Å². The predicted octanol–water partition coefficient (Wildman–Crippen LogP) is 3.99. The molecule has 0 bridgehead atoms. The number of ketones is 1. The first-order valence-electron chi connectivity index (χ1n) is 6.20. The molecular formula is C15H16FNOS. The molecular weight excluding hydrogens is 261 g/mol. The van der Waals surface area contributed by atoms with Crippen molar-refractivity contribution in [2.75, 3.05) is 18.5 Å². The molecule has 19 heavy (non-hydrogen) atoms. The molecule has 0 fully saturated rings. The molecule has 0 saturated carbocycles. The van der Waals surface area contributed by atoms with Crippen molar-refractivity contribution in [1.29, 1.82) is 0 Å². The topological polar surface area (TPSA) is 20.3 Å². The smallest absolute Gasteiger partial charge is 0.172 e. The first kappa shape index (κ1) is 13.7. The highest BCUT2D eigenvalue weighted by atomic mass is 32.1. The predicted molar refractivity (Wildman–Crippen MR) is 77.6 cm³/mol. The van der Waals surface area contributed by atoms with E-state index in [-0.39, 0.29) is 11.6 Å². The number of thiophene rings is 1. The summed E-state index contributed by atoms with van der Waals surface area (Å²) >= 11 is 1.48. The van der Waals surface area contributed by atoms with Crippen LogP contribution in [0.2, 0.25) is 0 Å². The standard InChI is InChI=1S/C15H16FNOS/c1-17(13-8-6-12(16)7-9-13)10-2-4-14(18)15-5-3-11-19-15/h3,5-9,11H,2,4,10H2,1H3. The summed E-state index contributed by atoms with van der Waals surface area (Å²) in [6, 6.07) is 10.1. The molecule has 2 nitrogen and oxygen atoms in total. The van der Waals surface area contributed by atoms with E-state index in [2.05, 4.69) is 0 Å². The maximum absolute atomic E-state index is 12.8. The number of anilines is 1. The third-order valence-electron chi connectivity index (χ3n) is 2.96. The van der Waals surface area contributed by atoms with Gasteiger partial charge in [-0.25, -0.2) is 4.39 Å². The van der Waals surface area contributed by atoms with Gasteiger partial charge in [-0.15, -0.1) is 11.3 Å². The van der Waals surface area contributed by atoms with Gasteiger partial charge in [0.15, 0.2) is 5.78 Å². The first-order chi connectivity index (χ1) is 9.16. The summed E-state index contributed by atoms with van der Waals surface area (Å²) in [4.78, 5) is 14.7. The van der Waals surface area contributed by atoms with Crippen molar-refractivity contribution in [2.24, 2.45) is 0 Å². The molecule has 2 aromatic rings. The van der Waals surface area contributed by atoms with Crippen LogP contribution in [-0.2, 0) is 0 Å². The molecule has 1 heterocycles. The van der Waals surface area contributed by atoms with Crippen molar-refractivity contribution < 1.29 is 9.18 Å². The van der Waals surface area contributed by atoms with Gasteiger partial charge < -0.3 is 4.90 Å². The van der Waals surface area contributed by atoms with E-state index in [0.717, 1.165) is 23.5 Å². The molecule has 0 aliphatic rings. The van der Waals surface area contributed by atoms with E-state index < -0.39 is 0 Å². The van der Waals surface area contributed by atoms with Crippen LogP contribution in [0.4, 0.5) is 10.1 Å². The third kappa shape index (κ3) is 3.89. The molecule has 0 amide bonds. The molecule has 0 unspecified atom stereocenters. The molecule has 0 saturated heterocycles. The molecule has 100 valence electrons. The summed E-state index contributed by atoms with van der Waals surface area (Å²) < 4.78 is 12.8. The highest BCUT2D eigenvalue weighted by molar-refractivity contribution is 7.12. The van der Waals surface area contributed by atoms with Crippen LogP contribution in [0.3, 0.4) is 0 Å². The van der Waals surface area contributed by atoms with E-state index in [1.807, 2.05) is 29.5 Å². The van der Waals surface area contributed by atoms with Crippen molar-refractivity contribution in [3.8, 4) is 0 Å². The van der Waals surface area contributed by atoms with Gasteiger partial charge in [0.25, 0.3) is 0 Å². The van der Waals surface area contributed by atoms with Gasteiger partial charge in [-0.05, 0) is 42.1 Å². The van der Waals surface area contributed by atoms with Gasteiger partial charge in [0, 0.05) is 25.7 Å². The minimum Gasteiger partial charge on any atom is -0.375 e. The number of rotatable bonds is 6. The average Bonchev–Trinajstić information content (AvgIpc) is 2.93. The molecule has 2 rings (SSSR count).